The van der Waals surface area contributed by atoms with Crippen LogP contribution >= 0.6 is 0 Å². The third kappa shape index (κ3) is 8.12. The van der Waals surface area contributed by atoms with Crippen molar-refractivity contribution in [2.45, 2.75) is 65.6 Å². The lowest BCUT2D eigenvalue weighted by Gasteiger charge is -2.23. The third-order valence-corrected chi connectivity index (χ3v) is 6.11. The van der Waals surface area contributed by atoms with Crippen molar-refractivity contribution in [3.8, 4) is 11.4 Å². The average molecular weight is 512 g/mol. The predicted octanol–water partition coefficient (Wildman–Crippen LogP) is 1.41. The first-order chi connectivity index (χ1) is 17.6. The zero-order valence-corrected chi connectivity index (χ0v) is 22.0. The van der Waals surface area contributed by atoms with Crippen LogP contribution in [0.5, 0.6) is 0 Å². The molecule has 2 atom stereocenters. The zero-order valence-electron chi connectivity index (χ0n) is 22.0. The number of hydrogen-bond acceptors (Lipinski definition) is 6. The number of fused-ring (bicyclic) bond motifs is 1. The van der Waals surface area contributed by atoms with Gasteiger partial charge in [-0.2, -0.15) is 5.10 Å². The van der Waals surface area contributed by atoms with Gasteiger partial charge in [-0.3, -0.25) is 19.2 Å². The Hall–Kier alpha value is -3.76. The van der Waals surface area contributed by atoms with E-state index in [0.29, 0.717) is 37.6 Å². The van der Waals surface area contributed by atoms with E-state index in [9.17, 15) is 19.2 Å². The molecule has 4 amide bonds. The molecule has 2 heterocycles. The normalized spacial score (nSPS) is 20.5. The molecule has 1 aromatic carbocycles. The lowest BCUT2D eigenvalue weighted by atomic mass is 10.0. The Labute approximate surface area is 217 Å². The van der Waals surface area contributed by atoms with Crippen LogP contribution in [0.4, 0.5) is 0 Å². The Kier molecular flexibility index (Phi) is 9.76. The van der Waals surface area contributed by atoms with Crippen LogP contribution in [0.25, 0.3) is 11.4 Å². The number of hydrogen-bond donors (Lipinski definition) is 3. The van der Waals surface area contributed by atoms with Crippen LogP contribution in [-0.2, 0) is 25.7 Å². The van der Waals surface area contributed by atoms with Crippen molar-refractivity contribution in [3.05, 3.63) is 36.2 Å². The second-order valence-electron chi connectivity index (χ2n) is 9.76. The molecule has 1 aliphatic heterocycles. The van der Waals surface area contributed by atoms with Gasteiger partial charge in [-0.1, -0.05) is 44.2 Å². The zero-order chi connectivity index (χ0) is 26.9. The van der Waals surface area contributed by atoms with E-state index in [2.05, 4.69) is 26.0 Å². The van der Waals surface area contributed by atoms with Gasteiger partial charge in [0.2, 0.25) is 23.6 Å². The molecule has 0 bridgehead atoms. The highest BCUT2D eigenvalue weighted by Crippen LogP contribution is 2.19. The largest absolute Gasteiger partial charge is 0.353 e. The van der Waals surface area contributed by atoms with Crippen molar-refractivity contribution in [2.24, 2.45) is 5.92 Å². The van der Waals surface area contributed by atoms with E-state index in [1.807, 2.05) is 44.2 Å². The molecule has 11 nitrogen and oxygen atoms in total. The van der Waals surface area contributed by atoms with Crippen LogP contribution < -0.4 is 16.0 Å². The third-order valence-electron chi connectivity index (χ3n) is 6.11. The van der Waals surface area contributed by atoms with Gasteiger partial charge in [-0.25, -0.2) is 9.67 Å². The van der Waals surface area contributed by atoms with Crippen LogP contribution in [-0.4, -0.2) is 69.0 Å². The lowest BCUT2D eigenvalue weighted by molar-refractivity contribution is -0.131. The molecule has 0 unspecified atom stereocenters. The van der Waals surface area contributed by atoms with Gasteiger partial charge in [-0.05, 0) is 25.7 Å². The average Bonchev–Trinajstić information content (AvgIpc) is 3.26. The van der Waals surface area contributed by atoms with Crippen LogP contribution in [0.15, 0.2) is 30.3 Å². The van der Waals surface area contributed by atoms with E-state index >= 15 is 0 Å². The molecule has 3 N–H and O–H groups in total. The summed E-state index contributed by atoms with van der Waals surface area (Å²) < 4.78 is 1.49. The first-order valence-corrected chi connectivity index (χ1v) is 12.8. The Bertz CT molecular complexity index is 1100. The van der Waals surface area contributed by atoms with Gasteiger partial charge in [0, 0.05) is 38.5 Å². The molecule has 1 aromatic heterocycles. The smallest absolute Gasteiger partial charge is 0.243 e. The second-order valence-corrected chi connectivity index (χ2v) is 9.76. The minimum atomic E-state index is -0.720. The van der Waals surface area contributed by atoms with Gasteiger partial charge in [0.25, 0.3) is 0 Å². The molecule has 0 fully saturated rings. The Morgan fingerprint density at radius 1 is 1.08 bits per heavy atom. The standard InChI is InChI=1S/C26H37N7O4/c1-17(2)15-21-26(37)28-18(3)25-30-24(20-9-6-5-7-10-20)31-33(25)16-23(36)27-12-14-32(19(4)34)13-8-11-22(35)29-21/h5-7,9-10,17-18,21H,8,11-16H2,1-4H3,(H,27,36)(H,28,37)(H,29,35)/t18-,21+/m0/s1. The highest BCUT2D eigenvalue weighted by molar-refractivity contribution is 5.87. The van der Waals surface area contributed by atoms with Crippen LogP contribution in [0.3, 0.4) is 0 Å². The van der Waals surface area contributed by atoms with Crippen molar-refractivity contribution >= 4 is 23.6 Å². The molecule has 0 radical (unpaired) electrons. The van der Waals surface area contributed by atoms with Gasteiger partial charge < -0.3 is 20.9 Å². The molecule has 0 aliphatic carbocycles. The number of nitrogens with one attached hydrogen (secondary N) is 3. The quantitative estimate of drug-likeness (QED) is 0.570. The SMILES string of the molecule is CC(=O)N1CCCC(=O)N[C@H](CC(C)C)C(=O)N[C@@H](C)c2nc(-c3ccccc3)nn2CC(=O)NCC1. The van der Waals surface area contributed by atoms with E-state index in [0.717, 1.165) is 5.56 Å². The fourth-order valence-electron chi connectivity index (χ4n) is 4.23. The number of carbonyl (C=O) groups excluding carboxylic acids is 4. The van der Waals surface area contributed by atoms with E-state index in [1.54, 1.807) is 11.8 Å². The summed E-state index contributed by atoms with van der Waals surface area (Å²) in [4.78, 5) is 56.9. The van der Waals surface area contributed by atoms with Crippen molar-refractivity contribution < 1.29 is 19.2 Å². The van der Waals surface area contributed by atoms with Crippen molar-refractivity contribution in [3.63, 3.8) is 0 Å². The molecule has 3 rings (SSSR count). The van der Waals surface area contributed by atoms with Crippen LogP contribution in [0.1, 0.15) is 58.8 Å². The maximum absolute atomic E-state index is 13.2. The molecule has 2 aromatic rings. The number of amides is 4. The first kappa shape index (κ1) is 27.8. The van der Waals surface area contributed by atoms with E-state index < -0.39 is 12.1 Å². The summed E-state index contributed by atoms with van der Waals surface area (Å²) in [5.41, 5.74) is 0.783. The van der Waals surface area contributed by atoms with E-state index in [4.69, 9.17) is 0 Å². The maximum Gasteiger partial charge on any atom is 0.243 e. The Morgan fingerprint density at radius 2 is 1.81 bits per heavy atom. The molecule has 0 spiro atoms. The summed E-state index contributed by atoms with van der Waals surface area (Å²) in [5, 5.41) is 13.2. The molecular formula is C26H37N7O4. The predicted molar refractivity (Wildman–Crippen MR) is 138 cm³/mol. The first-order valence-electron chi connectivity index (χ1n) is 12.8. The maximum atomic E-state index is 13.2. The number of rotatable bonds is 3. The second kappa shape index (κ2) is 13.0. The van der Waals surface area contributed by atoms with Crippen molar-refractivity contribution in [2.75, 3.05) is 19.6 Å². The number of benzene rings is 1. The summed E-state index contributed by atoms with van der Waals surface area (Å²) >= 11 is 0. The molecule has 0 saturated carbocycles. The topological polar surface area (TPSA) is 138 Å². The number of nitrogens with zero attached hydrogens (tertiary/aromatic N) is 4. The van der Waals surface area contributed by atoms with Gasteiger partial charge >= 0.3 is 0 Å². The van der Waals surface area contributed by atoms with Crippen molar-refractivity contribution in [1.29, 1.82) is 0 Å². The lowest BCUT2D eigenvalue weighted by Crippen LogP contribution is -2.48. The monoisotopic (exact) mass is 511 g/mol. The van der Waals surface area contributed by atoms with Gasteiger partial charge in [0.15, 0.2) is 5.82 Å². The summed E-state index contributed by atoms with van der Waals surface area (Å²) in [6, 6.07) is 8.09. The summed E-state index contributed by atoms with van der Waals surface area (Å²) in [6.45, 7) is 8.08. The fourth-order valence-corrected chi connectivity index (χ4v) is 4.23. The molecule has 11 heteroatoms. The Balaban J connectivity index is 1.92. The fraction of sp³-hybridized carbons (Fsp3) is 0.538. The highest BCUT2D eigenvalue weighted by atomic mass is 16.2. The molecule has 1 aliphatic rings. The minimum absolute atomic E-state index is 0.0956. The minimum Gasteiger partial charge on any atom is -0.353 e. The van der Waals surface area contributed by atoms with E-state index in [-0.39, 0.29) is 49.1 Å². The summed E-state index contributed by atoms with van der Waals surface area (Å²) in [6.07, 6.45) is 1.10. The Morgan fingerprint density at radius 3 is 2.49 bits per heavy atom. The van der Waals surface area contributed by atoms with Gasteiger partial charge in [0.05, 0.1) is 6.04 Å². The molecule has 200 valence electrons. The number of aromatic nitrogens is 3. The highest BCUT2D eigenvalue weighted by Gasteiger charge is 2.26. The van der Waals surface area contributed by atoms with Crippen LogP contribution in [0, 0.1) is 5.92 Å². The molecular weight excluding hydrogens is 474 g/mol. The van der Waals surface area contributed by atoms with E-state index in [1.165, 1.54) is 11.6 Å². The number of carbonyl (C=O) groups is 4. The molecule has 37 heavy (non-hydrogen) atoms. The van der Waals surface area contributed by atoms with Crippen LogP contribution in [0.2, 0.25) is 0 Å². The van der Waals surface area contributed by atoms with Crippen molar-refractivity contribution in [1.82, 2.24) is 35.6 Å². The summed E-state index contributed by atoms with van der Waals surface area (Å²) in [5.74, 6) is 0.0378. The summed E-state index contributed by atoms with van der Waals surface area (Å²) in [7, 11) is 0. The van der Waals surface area contributed by atoms with Gasteiger partial charge in [0.1, 0.15) is 18.4 Å². The van der Waals surface area contributed by atoms with Gasteiger partial charge in [-0.15, -0.1) is 0 Å². The molecule has 0 saturated heterocycles.